The van der Waals surface area contributed by atoms with Crippen LogP contribution < -0.4 is 0 Å². The summed E-state index contributed by atoms with van der Waals surface area (Å²) < 4.78 is 38.6. The van der Waals surface area contributed by atoms with Gasteiger partial charge in [-0.1, -0.05) is 13.8 Å². The van der Waals surface area contributed by atoms with E-state index in [-0.39, 0.29) is 10.7 Å². The third-order valence-electron chi connectivity index (χ3n) is 4.57. The van der Waals surface area contributed by atoms with Crippen LogP contribution in [0.3, 0.4) is 0 Å². The first-order chi connectivity index (χ1) is 12.2. The molecule has 0 atom stereocenters. The quantitative estimate of drug-likeness (QED) is 0.800. The molecule has 2 aromatic heterocycles. The molecule has 3 rings (SSSR count). The van der Waals surface area contributed by atoms with Crippen molar-refractivity contribution in [3.8, 4) is 0 Å². The standard InChI is InChI=1S/C18H22F3N3OS/c1-11(2)10-23-6-8-24(9-7-23)17(25)15-12(3)13-4-5-14(18(19,20)21)22-16(13)26-15/h4-5,11H,6-10H2,1-3H3. The highest BCUT2D eigenvalue weighted by molar-refractivity contribution is 7.20. The number of thiophene rings is 1. The van der Waals surface area contributed by atoms with Gasteiger partial charge in [-0.2, -0.15) is 13.2 Å². The first-order valence-corrected chi connectivity index (χ1v) is 9.47. The molecule has 4 nitrogen and oxygen atoms in total. The molecule has 142 valence electrons. The molecule has 1 aliphatic rings. The minimum Gasteiger partial charge on any atom is -0.335 e. The lowest BCUT2D eigenvalue weighted by atomic mass is 10.1. The van der Waals surface area contributed by atoms with Gasteiger partial charge >= 0.3 is 6.18 Å². The number of fused-ring (bicyclic) bond motifs is 1. The molecular formula is C18H22F3N3OS. The van der Waals surface area contributed by atoms with Crippen molar-refractivity contribution in [2.75, 3.05) is 32.7 Å². The van der Waals surface area contributed by atoms with Crippen LogP contribution in [0, 0.1) is 12.8 Å². The van der Waals surface area contributed by atoms with Crippen LogP contribution in [0.1, 0.15) is 34.8 Å². The number of rotatable bonds is 3. The van der Waals surface area contributed by atoms with E-state index in [1.807, 2.05) is 0 Å². The summed E-state index contributed by atoms with van der Waals surface area (Å²) in [4.78, 5) is 21.5. The second kappa shape index (κ2) is 7.15. The highest BCUT2D eigenvalue weighted by Crippen LogP contribution is 2.34. The van der Waals surface area contributed by atoms with Gasteiger partial charge in [-0.15, -0.1) is 11.3 Å². The number of hydrogen-bond donors (Lipinski definition) is 0. The molecule has 1 saturated heterocycles. The lowest BCUT2D eigenvalue weighted by molar-refractivity contribution is -0.140. The zero-order valence-corrected chi connectivity index (χ0v) is 15.9. The van der Waals surface area contributed by atoms with Crippen LogP contribution in [0.15, 0.2) is 12.1 Å². The van der Waals surface area contributed by atoms with E-state index in [0.29, 0.717) is 34.8 Å². The van der Waals surface area contributed by atoms with E-state index in [1.54, 1.807) is 11.8 Å². The highest BCUT2D eigenvalue weighted by Gasteiger charge is 2.33. The smallest absolute Gasteiger partial charge is 0.335 e. The van der Waals surface area contributed by atoms with E-state index in [9.17, 15) is 18.0 Å². The Morgan fingerprint density at radius 1 is 1.23 bits per heavy atom. The summed E-state index contributed by atoms with van der Waals surface area (Å²) in [5.74, 6) is 0.472. The Morgan fingerprint density at radius 2 is 1.88 bits per heavy atom. The molecule has 0 spiro atoms. The number of piperazine rings is 1. The van der Waals surface area contributed by atoms with Gasteiger partial charge in [0, 0.05) is 38.1 Å². The maximum absolute atomic E-state index is 12.9. The number of aryl methyl sites for hydroxylation is 1. The minimum absolute atomic E-state index is 0.108. The van der Waals surface area contributed by atoms with Crippen molar-refractivity contribution in [2.24, 2.45) is 5.92 Å². The molecule has 3 heterocycles. The molecule has 0 saturated carbocycles. The molecular weight excluding hydrogens is 363 g/mol. The Morgan fingerprint density at radius 3 is 2.46 bits per heavy atom. The maximum Gasteiger partial charge on any atom is 0.433 e. The van der Waals surface area contributed by atoms with E-state index in [1.165, 1.54) is 6.07 Å². The summed E-state index contributed by atoms with van der Waals surface area (Å²) in [6, 6.07) is 2.38. The molecule has 1 aliphatic heterocycles. The monoisotopic (exact) mass is 385 g/mol. The van der Waals surface area contributed by atoms with Crippen molar-refractivity contribution in [1.29, 1.82) is 0 Å². The fourth-order valence-corrected chi connectivity index (χ4v) is 4.40. The van der Waals surface area contributed by atoms with Gasteiger partial charge in [-0.25, -0.2) is 4.98 Å². The van der Waals surface area contributed by atoms with Gasteiger partial charge in [0.05, 0.1) is 4.88 Å². The summed E-state index contributed by atoms with van der Waals surface area (Å²) in [6.45, 7) is 10.0. The molecule has 26 heavy (non-hydrogen) atoms. The van der Waals surface area contributed by atoms with Crippen LogP contribution in [0.4, 0.5) is 13.2 Å². The second-order valence-corrected chi connectivity index (χ2v) is 8.09. The van der Waals surface area contributed by atoms with E-state index < -0.39 is 11.9 Å². The normalized spacial score (nSPS) is 16.7. The van der Waals surface area contributed by atoms with Gasteiger partial charge in [0.1, 0.15) is 10.5 Å². The molecule has 0 radical (unpaired) electrons. The maximum atomic E-state index is 12.9. The number of nitrogens with zero attached hydrogens (tertiary/aromatic N) is 3. The molecule has 0 aliphatic carbocycles. The molecule has 1 fully saturated rings. The number of carbonyl (C=O) groups is 1. The fraction of sp³-hybridized carbons (Fsp3) is 0.556. The summed E-state index contributed by atoms with van der Waals surface area (Å²) in [5.41, 5.74) is -0.214. The van der Waals surface area contributed by atoms with Gasteiger partial charge in [0.2, 0.25) is 0 Å². The van der Waals surface area contributed by atoms with Crippen LogP contribution in [0.5, 0.6) is 0 Å². The van der Waals surface area contributed by atoms with Crippen LogP contribution in [-0.2, 0) is 6.18 Å². The lowest BCUT2D eigenvalue weighted by Crippen LogP contribution is -2.49. The first kappa shape index (κ1) is 19.1. The average Bonchev–Trinajstić information content (AvgIpc) is 2.90. The molecule has 2 aromatic rings. The average molecular weight is 385 g/mol. The number of halogens is 3. The lowest BCUT2D eigenvalue weighted by Gasteiger charge is -2.35. The van der Waals surface area contributed by atoms with Crippen LogP contribution >= 0.6 is 11.3 Å². The predicted octanol–water partition coefficient (Wildman–Crippen LogP) is 4.04. The number of carbonyl (C=O) groups excluding carboxylic acids is 1. The van der Waals surface area contributed by atoms with Crippen molar-refractivity contribution >= 4 is 27.5 Å². The van der Waals surface area contributed by atoms with Crippen LogP contribution in [0.2, 0.25) is 0 Å². The highest BCUT2D eigenvalue weighted by atomic mass is 32.1. The van der Waals surface area contributed by atoms with Gasteiger partial charge in [0.25, 0.3) is 5.91 Å². The molecule has 0 N–H and O–H groups in total. The summed E-state index contributed by atoms with van der Waals surface area (Å²) >= 11 is 1.05. The number of alkyl halides is 3. The van der Waals surface area contributed by atoms with E-state index in [2.05, 4.69) is 23.7 Å². The van der Waals surface area contributed by atoms with Crippen molar-refractivity contribution < 1.29 is 18.0 Å². The summed E-state index contributed by atoms with van der Waals surface area (Å²) in [5, 5.41) is 0.616. The third kappa shape index (κ3) is 3.86. The molecule has 1 amide bonds. The minimum atomic E-state index is -4.48. The Kier molecular flexibility index (Phi) is 5.25. The number of amides is 1. The fourth-order valence-electron chi connectivity index (χ4n) is 3.25. The zero-order valence-electron chi connectivity index (χ0n) is 15.1. The Hall–Kier alpha value is -1.67. The van der Waals surface area contributed by atoms with Crippen molar-refractivity contribution in [3.05, 3.63) is 28.3 Å². The third-order valence-corrected chi connectivity index (χ3v) is 5.76. The Bertz CT molecular complexity index is 808. The molecule has 0 unspecified atom stereocenters. The van der Waals surface area contributed by atoms with Crippen molar-refractivity contribution in [2.45, 2.75) is 26.9 Å². The van der Waals surface area contributed by atoms with Crippen molar-refractivity contribution in [3.63, 3.8) is 0 Å². The molecule has 0 aromatic carbocycles. The Labute approximate surface area is 154 Å². The van der Waals surface area contributed by atoms with Gasteiger partial charge in [-0.3, -0.25) is 9.69 Å². The topological polar surface area (TPSA) is 36.4 Å². The molecule has 8 heteroatoms. The first-order valence-electron chi connectivity index (χ1n) is 8.65. The predicted molar refractivity (Wildman–Crippen MR) is 96.5 cm³/mol. The molecule has 0 bridgehead atoms. The largest absolute Gasteiger partial charge is 0.433 e. The van der Waals surface area contributed by atoms with Crippen LogP contribution in [-0.4, -0.2) is 53.4 Å². The van der Waals surface area contributed by atoms with Gasteiger partial charge in [0.15, 0.2) is 0 Å². The van der Waals surface area contributed by atoms with Crippen molar-refractivity contribution in [1.82, 2.24) is 14.8 Å². The van der Waals surface area contributed by atoms with E-state index in [4.69, 9.17) is 0 Å². The Balaban J connectivity index is 1.80. The van der Waals surface area contributed by atoms with Gasteiger partial charge < -0.3 is 4.90 Å². The van der Waals surface area contributed by atoms with E-state index >= 15 is 0 Å². The second-order valence-electron chi connectivity index (χ2n) is 7.09. The summed E-state index contributed by atoms with van der Waals surface area (Å²) in [6.07, 6.45) is -4.48. The number of aromatic nitrogens is 1. The van der Waals surface area contributed by atoms with Gasteiger partial charge in [-0.05, 0) is 30.5 Å². The zero-order chi connectivity index (χ0) is 19.1. The van der Waals surface area contributed by atoms with E-state index in [0.717, 1.165) is 37.0 Å². The number of hydrogen-bond acceptors (Lipinski definition) is 4. The number of pyridine rings is 1. The summed E-state index contributed by atoms with van der Waals surface area (Å²) in [7, 11) is 0. The SMILES string of the molecule is Cc1c(C(=O)N2CCN(CC(C)C)CC2)sc2nc(C(F)(F)F)ccc12. The van der Waals surface area contributed by atoms with Crippen LogP contribution in [0.25, 0.3) is 10.2 Å².